The predicted molar refractivity (Wildman–Crippen MR) is 47.8 cm³/mol. The summed E-state index contributed by atoms with van der Waals surface area (Å²) in [5, 5.41) is 18.2. The summed E-state index contributed by atoms with van der Waals surface area (Å²) in [7, 11) is 0. The third kappa shape index (κ3) is 2.22. The van der Waals surface area contributed by atoms with Gasteiger partial charge in [-0.3, -0.25) is 0 Å². The minimum atomic E-state index is -3.06. The first-order chi connectivity index (χ1) is 7.34. The van der Waals surface area contributed by atoms with E-state index in [1.165, 1.54) is 0 Å². The fourth-order valence-electron chi connectivity index (χ4n) is 0.947. The molecule has 1 N–H and O–H groups in total. The van der Waals surface area contributed by atoms with Crippen LogP contribution in [0.4, 0.5) is 14.6 Å². The molecule has 0 aromatic carbocycles. The molecule has 1 aromatic heterocycles. The number of alkyl halides is 2. The molecule has 0 unspecified atom stereocenters. The minimum absolute atomic E-state index is 0.445. The van der Waals surface area contributed by atoms with Gasteiger partial charge in [-0.15, -0.1) is 0 Å². The molecule has 9 heteroatoms. The van der Waals surface area contributed by atoms with Crippen LogP contribution in [0.5, 0.6) is 0 Å². The summed E-state index contributed by atoms with van der Waals surface area (Å²) in [6, 6.07) is 0.445. The average molecular weight is 253 g/mol. The molecular weight excluding hydrogens is 250 g/mol. The van der Waals surface area contributed by atoms with Crippen molar-refractivity contribution in [3.63, 3.8) is 0 Å². The Morgan fingerprint density at radius 2 is 2.19 bits per heavy atom. The van der Waals surface area contributed by atoms with E-state index < -0.39 is 39.4 Å². The Morgan fingerprint density at radius 3 is 2.56 bits per heavy atom. The number of nitro groups is 1. The van der Waals surface area contributed by atoms with Gasteiger partial charge in [-0.25, -0.2) is 13.6 Å². The van der Waals surface area contributed by atoms with Crippen LogP contribution in [0.3, 0.4) is 0 Å². The number of carboxylic acids is 1. The molecule has 1 rings (SSSR count). The number of carbonyl (C=O) groups is 1. The van der Waals surface area contributed by atoms with Crippen LogP contribution in [0.15, 0.2) is 6.07 Å². The molecule has 86 valence electrons. The van der Waals surface area contributed by atoms with Crippen molar-refractivity contribution in [3.05, 3.63) is 32.5 Å². The Kier molecular flexibility index (Phi) is 3.33. The predicted octanol–water partition coefficient (Wildman–Crippen LogP) is 2.28. The SMILES string of the molecule is O=C(O)c1cc(C(F)F)c(Cl)nc1[N+](=O)[O-]. The summed E-state index contributed by atoms with van der Waals surface area (Å²) in [6.07, 6.45) is -3.06. The van der Waals surface area contributed by atoms with Crippen molar-refractivity contribution in [1.29, 1.82) is 0 Å². The van der Waals surface area contributed by atoms with Crippen molar-refractivity contribution in [2.75, 3.05) is 0 Å². The van der Waals surface area contributed by atoms with Gasteiger partial charge in [0.25, 0.3) is 11.6 Å². The van der Waals surface area contributed by atoms with Crippen LogP contribution in [0.2, 0.25) is 5.15 Å². The Hall–Kier alpha value is -1.83. The molecular formula is C7H3ClF2N2O4. The van der Waals surface area contributed by atoms with Crippen molar-refractivity contribution in [2.24, 2.45) is 0 Å². The number of pyridine rings is 1. The Labute approximate surface area is 91.6 Å². The third-order valence-corrected chi connectivity index (χ3v) is 1.92. The summed E-state index contributed by atoms with van der Waals surface area (Å²) >= 11 is 5.26. The number of rotatable bonds is 3. The molecule has 0 bridgehead atoms. The molecule has 1 aromatic rings. The minimum Gasteiger partial charge on any atom is -0.477 e. The van der Waals surface area contributed by atoms with Crippen LogP contribution in [-0.2, 0) is 0 Å². The highest BCUT2D eigenvalue weighted by Gasteiger charge is 2.28. The van der Waals surface area contributed by atoms with Gasteiger partial charge in [0.1, 0.15) is 0 Å². The van der Waals surface area contributed by atoms with E-state index in [1.807, 2.05) is 0 Å². The van der Waals surface area contributed by atoms with Gasteiger partial charge >= 0.3 is 11.8 Å². The molecule has 16 heavy (non-hydrogen) atoms. The molecule has 0 aliphatic carbocycles. The number of aromatic carboxylic acids is 1. The average Bonchev–Trinajstić information content (AvgIpc) is 2.15. The summed E-state index contributed by atoms with van der Waals surface area (Å²) in [4.78, 5) is 22.9. The van der Waals surface area contributed by atoms with Crippen molar-refractivity contribution in [1.82, 2.24) is 4.98 Å². The molecule has 0 spiro atoms. The normalized spacial score (nSPS) is 10.5. The summed E-state index contributed by atoms with van der Waals surface area (Å²) in [5.74, 6) is -2.79. The van der Waals surface area contributed by atoms with Crippen LogP contribution in [0.25, 0.3) is 0 Å². The van der Waals surface area contributed by atoms with Gasteiger partial charge in [-0.2, -0.15) is 0 Å². The highest BCUT2D eigenvalue weighted by atomic mass is 35.5. The zero-order chi connectivity index (χ0) is 12.5. The van der Waals surface area contributed by atoms with Gasteiger partial charge < -0.3 is 15.2 Å². The summed E-state index contributed by atoms with van der Waals surface area (Å²) in [6.45, 7) is 0. The second kappa shape index (κ2) is 4.35. The van der Waals surface area contributed by atoms with Crippen molar-refractivity contribution >= 4 is 23.4 Å². The van der Waals surface area contributed by atoms with E-state index in [9.17, 15) is 23.7 Å². The topological polar surface area (TPSA) is 93.3 Å². The summed E-state index contributed by atoms with van der Waals surface area (Å²) in [5.41, 5.74) is -1.78. The van der Waals surface area contributed by atoms with E-state index in [4.69, 9.17) is 16.7 Å². The molecule has 0 saturated carbocycles. The maximum absolute atomic E-state index is 12.3. The first-order valence-electron chi connectivity index (χ1n) is 3.71. The van der Waals surface area contributed by atoms with Gasteiger partial charge in [0.2, 0.25) is 0 Å². The number of nitrogens with zero attached hydrogens (tertiary/aromatic N) is 2. The lowest BCUT2D eigenvalue weighted by Gasteiger charge is -2.02. The Balaban J connectivity index is 3.49. The van der Waals surface area contributed by atoms with Crippen LogP contribution in [0.1, 0.15) is 22.3 Å². The quantitative estimate of drug-likeness (QED) is 0.506. The van der Waals surface area contributed by atoms with Crippen LogP contribution < -0.4 is 0 Å². The zero-order valence-electron chi connectivity index (χ0n) is 7.35. The van der Waals surface area contributed by atoms with Crippen LogP contribution >= 0.6 is 11.6 Å². The second-order valence-corrected chi connectivity index (χ2v) is 2.96. The molecule has 0 aliphatic heterocycles. The smallest absolute Gasteiger partial charge is 0.379 e. The molecule has 0 amide bonds. The largest absolute Gasteiger partial charge is 0.477 e. The molecule has 0 radical (unpaired) electrons. The third-order valence-electron chi connectivity index (χ3n) is 1.62. The fraction of sp³-hybridized carbons (Fsp3) is 0.143. The molecule has 0 saturated heterocycles. The zero-order valence-corrected chi connectivity index (χ0v) is 8.11. The van der Waals surface area contributed by atoms with E-state index in [-0.39, 0.29) is 0 Å². The highest BCUT2D eigenvalue weighted by Crippen LogP contribution is 2.30. The number of halogens is 3. The first kappa shape index (κ1) is 12.2. The molecule has 0 atom stereocenters. The van der Waals surface area contributed by atoms with E-state index in [0.29, 0.717) is 6.07 Å². The number of hydrogen-bond donors (Lipinski definition) is 1. The molecule has 0 fully saturated rings. The standard InChI is InChI=1S/C7H3ClF2N2O4/c8-4-2(5(9)10)1-3(7(13)14)6(11-4)12(15)16/h1,5H,(H,13,14). The maximum Gasteiger partial charge on any atom is 0.379 e. The fourth-order valence-corrected chi connectivity index (χ4v) is 1.16. The van der Waals surface area contributed by atoms with Gasteiger partial charge in [-0.1, -0.05) is 0 Å². The second-order valence-electron chi connectivity index (χ2n) is 2.60. The molecule has 6 nitrogen and oxygen atoms in total. The van der Waals surface area contributed by atoms with Crippen LogP contribution in [0, 0.1) is 10.1 Å². The lowest BCUT2D eigenvalue weighted by molar-refractivity contribution is -0.389. The van der Waals surface area contributed by atoms with Gasteiger partial charge in [0.15, 0.2) is 5.56 Å². The summed E-state index contributed by atoms with van der Waals surface area (Å²) < 4.78 is 24.6. The lowest BCUT2D eigenvalue weighted by Crippen LogP contribution is -2.07. The lowest BCUT2D eigenvalue weighted by atomic mass is 10.2. The van der Waals surface area contributed by atoms with E-state index in [0.717, 1.165) is 0 Å². The van der Waals surface area contributed by atoms with E-state index in [1.54, 1.807) is 0 Å². The monoisotopic (exact) mass is 252 g/mol. The van der Waals surface area contributed by atoms with E-state index in [2.05, 4.69) is 4.98 Å². The highest BCUT2D eigenvalue weighted by molar-refractivity contribution is 6.30. The van der Waals surface area contributed by atoms with E-state index >= 15 is 0 Å². The van der Waals surface area contributed by atoms with Crippen LogP contribution in [-0.4, -0.2) is 21.0 Å². The number of hydrogen-bond acceptors (Lipinski definition) is 4. The molecule has 0 aliphatic rings. The number of aromatic nitrogens is 1. The maximum atomic E-state index is 12.3. The molecule has 1 heterocycles. The Morgan fingerprint density at radius 1 is 1.62 bits per heavy atom. The van der Waals surface area contributed by atoms with Crippen molar-refractivity contribution < 1.29 is 23.6 Å². The van der Waals surface area contributed by atoms with Gasteiger partial charge in [-0.05, 0) is 27.6 Å². The van der Waals surface area contributed by atoms with Crippen molar-refractivity contribution in [2.45, 2.75) is 6.43 Å². The van der Waals surface area contributed by atoms with Gasteiger partial charge in [0, 0.05) is 0 Å². The first-order valence-corrected chi connectivity index (χ1v) is 4.08. The Bertz CT molecular complexity index is 466. The number of carboxylic acid groups (broad SMARTS) is 1. The van der Waals surface area contributed by atoms with Crippen molar-refractivity contribution in [3.8, 4) is 0 Å². The van der Waals surface area contributed by atoms with Gasteiger partial charge in [0.05, 0.1) is 5.56 Å².